The minimum atomic E-state index is 0.0296. The Morgan fingerprint density at radius 1 is 1.35 bits per heavy atom. The largest absolute Gasteiger partial charge is 0.492 e. The molecule has 1 aromatic rings. The van der Waals surface area contributed by atoms with E-state index < -0.39 is 0 Å². The summed E-state index contributed by atoms with van der Waals surface area (Å²) in [7, 11) is 0. The maximum Gasteiger partial charge on any atom is 0.237 e. The van der Waals surface area contributed by atoms with Crippen LogP contribution in [0.25, 0.3) is 0 Å². The Hall–Kier alpha value is -1.59. The molecule has 0 radical (unpaired) electrons. The van der Waals surface area contributed by atoms with Crippen LogP contribution in [-0.4, -0.2) is 56.2 Å². The van der Waals surface area contributed by atoms with Crippen LogP contribution >= 0.6 is 0 Å². The zero-order valence-corrected chi connectivity index (χ0v) is 16.0. The van der Waals surface area contributed by atoms with Crippen molar-refractivity contribution in [2.45, 2.75) is 45.1 Å². The number of ether oxygens (including phenoxy) is 1. The highest BCUT2D eigenvalue weighted by Crippen LogP contribution is 2.17. The van der Waals surface area contributed by atoms with Gasteiger partial charge in [0, 0.05) is 19.6 Å². The molecule has 26 heavy (non-hydrogen) atoms. The quantitative estimate of drug-likeness (QED) is 0.747. The summed E-state index contributed by atoms with van der Waals surface area (Å²) in [5, 5.41) is 6.42. The molecular formula is C21H33N3O2. The van der Waals surface area contributed by atoms with Crippen LogP contribution in [0.3, 0.4) is 0 Å². The molecule has 0 spiro atoms. The molecule has 5 heteroatoms. The van der Waals surface area contributed by atoms with Crippen LogP contribution in [0.1, 0.15) is 38.2 Å². The fourth-order valence-corrected chi connectivity index (χ4v) is 3.95. The van der Waals surface area contributed by atoms with Crippen molar-refractivity contribution >= 4 is 5.91 Å². The third-order valence-corrected chi connectivity index (χ3v) is 5.53. The molecule has 0 aromatic heterocycles. The average Bonchev–Trinajstić information content (AvgIpc) is 3.22. The van der Waals surface area contributed by atoms with Gasteiger partial charge in [0.1, 0.15) is 12.4 Å². The summed E-state index contributed by atoms with van der Waals surface area (Å²) < 4.78 is 5.93. The van der Waals surface area contributed by atoms with Gasteiger partial charge in [-0.25, -0.2) is 0 Å². The van der Waals surface area contributed by atoms with Crippen molar-refractivity contribution in [1.82, 2.24) is 15.5 Å². The molecule has 0 bridgehead atoms. The molecule has 2 heterocycles. The number of hydrogen-bond acceptors (Lipinski definition) is 4. The Balaban J connectivity index is 1.35. The standard InChI is InChI=1S/C21H33N3O2/c1-2-17-6-3-8-19(14-17)26-13-12-24-11-5-7-18(16-24)15-23-21(25)20-9-4-10-22-20/h3,6,8,14,18,20,22H,2,4-5,7,9-13,15-16H2,1H3,(H,23,25). The number of nitrogens with one attached hydrogen (secondary N) is 2. The summed E-state index contributed by atoms with van der Waals surface area (Å²) in [4.78, 5) is 14.6. The van der Waals surface area contributed by atoms with Gasteiger partial charge in [0.05, 0.1) is 6.04 Å². The molecular weight excluding hydrogens is 326 g/mol. The summed E-state index contributed by atoms with van der Waals surface area (Å²) in [5.41, 5.74) is 1.31. The molecule has 2 atom stereocenters. The van der Waals surface area contributed by atoms with Gasteiger partial charge in [0.2, 0.25) is 5.91 Å². The molecule has 3 rings (SSSR count). The molecule has 0 aliphatic carbocycles. The van der Waals surface area contributed by atoms with Gasteiger partial charge in [-0.05, 0) is 68.8 Å². The summed E-state index contributed by atoms with van der Waals surface area (Å²) in [5.74, 6) is 1.70. The summed E-state index contributed by atoms with van der Waals surface area (Å²) in [6, 6.07) is 8.39. The molecule has 5 nitrogen and oxygen atoms in total. The minimum Gasteiger partial charge on any atom is -0.492 e. The van der Waals surface area contributed by atoms with Crippen molar-refractivity contribution in [2.75, 3.05) is 39.3 Å². The Morgan fingerprint density at radius 2 is 2.27 bits per heavy atom. The van der Waals surface area contributed by atoms with E-state index in [2.05, 4.69) is 40.7 Å². The van der Waals surface area contributed by atoms with Crippen LogP contribution < -0.4 is 15.4 Å². The van der Waals surface area contributed by atoms with E-state index in [1.807, 2.05) is 6.07 Å². The number of rotatable bonds is 8. The molecule has 0 saturated carbocycles. The predicted molar refractivity (Wildman–Crippen MR) is 105 cm³/mol. The number of benzene rings is 1. The third-order valence-electron chi connectivity index (χ3n) is 5.53. The van der Waals surface area contributed by atoms with Crippen LogP contribution in [0.2, 0.25) is 0 Å². The number of hydrogen-bond donors (Lipinski definition) is 2. The van der Waals surface area contributed by atoms with Crippen molar-refractivity contribution in [3.05, 3.63) is 29.8 Å². The van der Waals surface area contributed by atoms with Crippen LogP contribution in [-0.2, 0) is 11.2 Å². The Morgan fingerprint density at radius 3 is 3.08 bits per heavy atom. The van der Waals surface area contributed by atoms with Gasteiger partial charge in [-0.15, -0.1) is 0 Å². The number of piperidine rings is 1. The summed E-state index contributed by atoms with van der Waals surface area (Å²) >= 11 is 0. The lowest BCUT2D eigenvalue weighted by atomic mass is 9.98. The number of likely N-dealkylation sites (tertiary alicyclic amines) is 1. The van der Waals surface area contributed by atoms with Crippen molar-refractivity contribution in [1.29, 1.82) is 0 Å². The monoisotopic (exact) mass is 359 g/mol. The second-order valence-corrected chi connectivity index (χ2v) is 7.55. The highest BCUT2D eigenvalue weighted by Gasteiger charge is 2.24. The SMILES string of the molecule is CCc1cccc(OCCN2CCCC(CNC(=O)C3CCCN3)C2)c1. The highest BCUT2D eigenvalue weighted by molar-refractivity contribution is 5.81. The lowest BCUT2D eigenvalue weighted by Gasteiger charge is -2.32. The Kier molecular flexibility index (Phi) is 7.32. The highest BCUT2D eigenvalue weighted by atomic mass is 16.5. The van der Waals surface area contributed by atoms with E-state index in [1.165, 1.54) is 18.4 Å². The Labute approximate surface area is 157 Å². The molecule has 2 aliphatic heterocycles. The zero-order valence-electron chi connectivity index (χ0n) is 16.0. The number of carbonyl (C=O) groups excluding carboxylic acids is 1. The van der Waals surface area contributed by atoms with Gasteiger partial charge in [-0.2, -0.15) is 0 Å². The lowest BCUT2D eigenvalue weighted by molar-refractivity contribution is -0.123. The fourth-order valence-electron chi connectivity index (χ4n) is 3.95. The molecule has 1 aromatic carbocycles. The smallest absolute Gasteiger partial charge is 0.237 e. The van der Waals surface area contributed by atoms with E-state index >= 15 is 0 Å². The molecule has 2 saturated heterocycles. The van der Waals surface area contributed by atoms with Crippen molar-refractivity contribution < 1.29 is 9.53 Å². The number of aryl methyl sites for hydroxylation is 1. The summed E-state index contributed by atoms with van der Waals surface area (Å²) in [6.07, 6.45) is 5.52. The molecule has 2 fully saturated rings. The first-order chi connectivity index (χ1) is 12.7. The maximum absolute atomic E-state index is 12.1. The van der Waals surface area contributed by atoms with E-state index in [0.29, 0.717) is 5.92 Å². The van der Waals surface area contributed by atoms with E-state index in [9.17, 15) is 4.79 Å². The first kappa shape index (κ1) is 19.2. The van der Waals surface area contributed by atoms with Crippen LogP contribution in [0.4, 0.5) is 0 Å². The summed E-state index contributed by atoms with van der Waals surface area (Å²) in [6.45, 7) is 7.78. The lowest BCUT2D eigenvalue weighted by Crippen LogP contribution is -2.46. The van der Waals surface area contributed by atoms with Gasteiger partial charge in [-0.1, -0.05) is 19.1 Å². The Bertz CT molecular complexity index is 572. The van der Waals surface area contributed by atoms with Crippen LogP contribution in [0, 0.1) is 5.92 Å². The minimum absolute atomic E-state index is 0.0296. The topological polar surface area (TPSA) is 53.6 Å². The third kappa shape index (κ3) is 5.71. The van der Waals surface area contributed by atoms with Gasteiger partial charge < -0.3 is 15.4 Å². The molecule has 2 unspecified atom stereocenters. The van der Waals surface area contributed by atoms with E-state index in [4.69, 9.17) is 4.74 Å². The molecule has 1 amide bonds. The second-order valence-electron chi connectivity index (χ2n) is 7.55. The molecule has 2 N–H and O–H groups in total. The van der Waals surface area contributed by atoms with E-state index in [1.54, 1.807) is 0 Å². The van der Waals surface area contributed by atoms with Gasteiger partial charge >= 0.3 is 0 Å². The molecule has 144 valence electrons. The fraction of sp³-hybridized carbons (Fsp3) is 0.667. The normalized spacial score (nSPS) is 23.7. The van der Waals surface area contributed by atoms with E-state index in [0.717, 1.165) is 64.3 Å². The van der Waals surface area contributed by atoms with Gasteiger partial charge in [-0.3, -0.25) is 9.69 Å². The number of nitrogens with zero attached hydrogens (tertiary/aromatic N) is 1. The first-order valence-electron chi connectivity index (χ1n) is 10.2. The average molecular weight is 360 g/mol. The maximum atomic E-state index is 12.1. The number of amides is 1. The van der Waals surface area contributed by atoms with Crippen LogP contribution in [0.5, 0.6) is 5.75 Å². The van der Waals surface area contributed by atoms with Crippen molar-refractivity contribution in [2.24, 2.45) is 5.92 Å². The van der Waals surface area contributed by atoms with Crippen molar-refractivity contribution in [3.8, 4) is 5.75 Å². The van der Waals surface area contributed by atoms with Gasteiger partial charge in [0.15, 0.2) is 0 Å². The van der Waals surface area contributed by atoms with Gasteiger partial charge in [0.25, 0.3) is 0 Å². The molecule has 2 aliphatic rings. The zero-order chi connectivity index (χ0) is 18.2. The number of carbonyl (C=O) groups is 1. The van der Waals surface area contributed by atoms with Crippen molar-refractivity contribution in [3.63, 3.8) is 0 Å². The van der Waals surface area contributed by atoms with E-state index in [-0.39, 0.29) is 11.9 Å². The first-order valence-corrected chi connectivity index (χ1v) is 10.2. The predicted octanol–water partition coefficient (Wildman–Crippen LogP) is 2.21. The second kappa shape index (κ2) is 9.93. The van der Waals surface area contributed by atoms with Crippen LogP contribution in [0.15, 0.2) is 24.3 Å².